The van der Waals surface area contributed by atoms with Crippen molar-refractivity contribution < 1.29 is 19.3 Å². The maximum atomic E-state index is 10.6. The van der Waals surface area contributed by atoms with Gasteiger partial charge in [-0.15, -0.1) is 0 Å². The van der Waals surface area contributed by atoms with Gasteiger partial charge in [-0.2, -0.15) is 0 Å². The number of methoxy groups -OCH3 is 2. The van der Waals surface area contributed by atoms with Crippen molar-refractivity contribution in [3.05, 3.63) is 57.1 Å². The molecule has 0 saturated carbocycles. The molecule has 0 bridgehead atoms. The van der Waals surface area contributed by atoms with E-state index in [-0.39, 0.29) is 11.5 Å². The first-order chi connectivity index (χ1) is 10.5. The van der Waals surface area contributed by atoms with Crippen molar-refractivity contribution in [3.8, 4) is 11.5 Å². The van der Waals surface area contributed by atoms with Crippen LogP contribution in [0.5, 0.6) is 11.5 Å². The molecule has 1 aromatic heterocycles. The Bertz CT molecular complexity index is 586. The molecule has 0 amide bonds. The fourth-order valence-electron chi connectivity index (χ4n) is 1.40. The van der Waals surface area contributed by atoms with Crippen LogP contribution in [0.15, 0.2) is 36.9 Å². The van der Waals surface area contributed by atoms with Gasteiger partial charge in [0, 0.05) is 30.9 Å². The maximum absolute atomic E-state index is 10.6. The minimum Gasteiger partial charge on any atom is -0.490 e. The summed E-state index contributed by atoms with van der Waals surface area (Å²) in [6.45, 7) is 0. The Morgan fingerprint density at radius 3 is 1.41 bits per heavy atom. The van der Waals surface area contributed by atoms with Gasteiger partial charge < -0.3 is 9.47 Å². The van der Waals surface area contributed by atoms with Gasteiger partial charge in [-0.25, -0.2) is 0 Å². The fourth-order valence-corrected chi connectivity index (χ4v) is 1.40. The van der Waals surface area contributed by atoms with E-state index in [1.807, 2.05) is 0 Å². The fraction of sp³-hybridized carbons (Fsp3) is 0.167. The van der Waals surface area contributed by atoms with Gasteiger partial charge in [0.2, 0.25) is 11.5 Å². The summed E-state index contributed by atoms with van der Waals surface area (Å²) in [5, 5.41) is 21.2. The van der Waals surface area contributed by atoms with Gasteiger partial charge in [-0.05, 0) is 0 Å². The summed E-state index contributed by atoms with van der Waals surface area (Å²) in [6.07, 6.45) is 6.56. The van der Waals surface area contributed by atoms with Gasteiger partial charge in [0.05, 0.1) is 24.1 Å². The van der Waals surface area contributed by atoms with Crippen molar-refractivity contribution in [1.29, 1.82) is 0 Å². The summed E-state index contributed by atoms with van der Waals surface area (Å²) >= 11 is 0. The zero-order valence-electron chi connectivity index (χ0n) is 11.7. The molecule has 116 valence electrons. The van der Waals surface area contributed by atoms with Gasteiger partial charge in [-0.3, -0.25) is 30.2 Å². The number of hydrogen-bond donors (Lipinski definition) is 0. The van der Waals surface area contributed by atoms with E-state index >= 15 is 0 Å². The highest BCUT2D eigenvalue weighted by Gasteiger charge is 2.25. The lowest BCUT2D eigenvalue weighted by Gasteiger charge is -2.05. The Hall–Kier alpha value is -3.30. The third-order valence-electron chi connectivity index (χ3n) is 2.35. The predicted molar refractivity (Wildman–Crippen MR) is 74.9 cm³/mol. The first-order valence-electron chi connectivity index (χ1n) is 5.76. The SMILES string of the molecule is COc1cc(OC)c([N+](=O)[O-])cc1[N+](=O)[O-].c1cnccn1. The largest absolute Gasteiger partial charge is 0.490 e. The summed E-state index contributed by atoms with van der Waals surface area (Å²) in [5.41, 5.74) is -0.954. The standard InChI is InChI=1S/C8H8N2O6.C4H4N2/c1-15-7-4-8(16-2)6(10(13)14)3-5(7)9(11)12;1-2-6-4-3-5-1/h3-4H,1-2H3;1-4H. The molecule has 22 heavy (non-hydrogen) atoms. The van der Waals surface area contributed by atoms with Crippen LogP contribution in [0.1, 0.15) is 0 Å². The van der Waals surface area contributed by atoms with Crippen LogP contribution in [0, 0.1) is 20.2 Å². The average Bonchev–Trinajstić information content (AvgIpc) is 2.55. The van der Waals surface area contributed by atoms with E-state index in [9.17, 15) is 20.2 Å². The van der Waals surface area contributed by atoms with Crippen LogP contribution in [0.4, 0.5) is 11.4 Å². The highest BCUT2D eigenvalue weighted by Crippen LogP contribution is 2.38. The van der Waals surface area contributed by atoms with Crippen LogP contribution in [0.2, 0.25) is 0 Å². The average molecular weight is 308 g/mol. The van der Waals surface area contributed by atoms with E-state index < -0.39 is 21.2 Å². The lowest BCUT2D eigenvalue weighted by molar-refractivity contribution is -0.395. The second-order valence-electron chi connectivity index (χ2n) is 3.60. The number of hydrogen-bond acceptors (Lipinski definition) is 8. The van der Waals surface area contributed by atoms with Crippen molar-refractivity contribution in [2.75, 3.05) is 14.2 Å². The van der Waals surface area contributed by atoms with E-state index in [0.717, 1.165) is 12.1 Å². The quantitative estimate of drug-likeness (QED) is 0.619. The molecular formula is C12H12N4O6. The van der Waals surface area contributed by atoms with Crippen LogP contribution in [0.25, 0.3) is 0 Å². The first-order valence-corrected chi connectivity index (χ1v) is 5.76. The molecule has 0 fully saturated rings. The second kappa shape index (κ2) is 8.09. The van der Waals surface area contributed by atoms with E-state index in [2.05, 4.69) is 9.97 Å². The van der Waals surface area contributed by atoms with E-state index in [0.29, 0.717) is 0 Å². The van der Waals surface area contributed by atoms with Crippen LogP contribution >= 0.6 is 0 Å². The summed E-state index contributed by atoms with van der Waals surface area (Å²) in [5.74, 6) is -0.181. The number of rotatable bonds is 4. The Labute approximate surface area is 124 Å². The van der Waals surface area contributed by atoms with Crippen molar-refractivity contribution in [1.82, 2.24) is 9.97 Å². The van der Waals surface area contributed by atoms with Crippen LogP contribution in [-0.2, 0) is 0 Å². The van der Waals surface area contributed by atoms with Crippen LogP contribution in [0.3, 0.4) is 0 Å². The predicted octanol–water partition coefficient (Wildman–Crippen LogP) is 2.00. The lowest BCUT2D eigenvalue weighted by atomic mass is 10.2. The van der Waals surface area contributed by atoms with Crippen molar-refractivity contribution >= 4 is 11.4 Å². The zero-order chi connectivity index (χ0) is 16.5. The van der Waals surface area contributed by atoms with Crippen LogP contribution < -0.4 is 9.47 Å². The third-order valence-corrected chi connectivity index (χ3v) is 2.35. The first kappa shape index (κ1) is 16.8. The number of aromatic nitrogens is 2. The topological polar surface area (TPSA) is 131 Å². The number of nitrogens with zero attached hydrogens (tertiary/aromatic N) is 4. The molecule has 0 radical (unpaired) electrons. The third kappa shape index (κ3) is 4.37. The molecule has 0 spiro atoms. The Balaban J connectivity index is 0.000000335. The molecule has 10 nitrogen and oxygen atoms in total. The van der Waals surface area contributed by atoms with E-state index in [1.165, 1.54) is 14.2 Å². The minimum atomic E-state index is -0.759. The molecule has 0 saturated heterocycles. The van der Waals surface area contributed by atoms with Gasteiger partial charge in [-0.1, -0.05) is 0 Å². The second-order valence-corrected chi connectivity index (χ2v) is 3.60. The number of nitro benzene ring substituents is 2. The van der Waals surface area contributed by atoms with Gasteiger partial charge in [0.25, 0.3) is 0 Å². The molecule has 2 aromatic rings. The summed E-state index contributed by atoms with van der Waals surface area (Å²) < 4.78 is 9.48. The van der Waals surface area contributed by atoms with Gasteiger partial charge >= 0.3 is 11.4 Å². The molecule has 1 aromatic carbocycles. The van der Waals surface area contributed by atoms with E-state index in [4.69, 9.17) is 9.47 Å². The molecule has 0 N–H and O–H groups in total. The molecule has 2 rings (SSSR count). The Morgan fingerprint density at radius 2 is 1.18 bits per heavy atom. The maximum Gasteiger partial charge on any atom is 0.318 e. The summed E-state index contributed by atoms with van der Waals surface area (Å²) in [4.78, 5) is 27.2. The highest BCUT2D eigenvalue weighted by atomic mass is 16.6. The molecular weight excluding hydrogens is 296 g/mol. The molecule has 0 aliphatic heterocycles. The smallest absolute Gasteiger partial charge is 0.318 e. The van der Waals surface area contributed by atoms with Crippen molar-refractivity contribution in [2.45, 2.75) is 0 Å². The van der Waals surface area contributed by atoms with Crippen molar-refractivity contribution in [2.24, 2.45) is 0 Å². The molecule has 0 atom stereocenters. The molecule has 10 heteroatoms. The number of nitro groups is 2. The van der Waals surface area contributed by atoms with Crippen molar-refractivity contribution in [3.63, 3.8) is 0 Å². The number of benzene rings is 1. The molecule has 0 aliphatic carbocycles. The monoisotopic (exact) mass is 308 g/mol. The number of ether oxygens (including phenoxy) is 2. The van der Waals surface area contributed by atoms with Crippen LogP contribution in [-0.4, -0.2) is 34.0 Å². The summed E-state index contributed by atoms with van der Waals surface area (Å²) in [7, 11) is 2.46. The minimum absolute atomic E-state index is 0.0903. The lowest BCUT2D eigenvalue weighted by Crippen LogP contribution is -1.99. The molecule has 1 heterocycles. The molecule has 0 unspecified atom stereocenters. The Morgan fingerprint density at radius 1 is 0.818 bits per heavy atom. The van der Waals surface area contributed by atoms with Gasteiger partial charge in [0.1, 0.15) is 6.07 Å². The molecule has 0 aliphatic rings. The zero-order valence-corrected chi connectivity index (χ0v) is 11.7. The van der Waals surface area contributed by atoms with Gasteiger partial charge in [0.15, 0.2) is 0 Å². The normalized spacial score (nSPS) is 9.18. The highest BCUT2D eigenvalue weighted by molar-refractivity contribution is 5.61. The summed E-state index contributed by atoms with van der Waals surface area (Å²) in [6, 6.07) is 1.91. The van der Waals surface area contributed by atoms with E-state index in [1.54, 1.807) is 24.8 Å². The Kier molecular flexibility index (Phi) is 6.16.